The molecule has 0 N–H and O–H groups in total. The van der Waals surface area contributed by atoms with Crippen LogP contribution >= 0.6 is 43.6 Å². The van der Waals surface area contributed by atoms with Gasteiger partial charge in [-0.25, -0.2) is 4.39 Å². The highest BCUT2D eigenvalue weighted by atomic mass is 79.9. The van der Waals surface area contributed by atoms with Crippen molar-refractivity contribution in [3.8, 4) is 5.75 Å². The SMILES string of the molecule is COc1c(Br)cc(Br)cc1/C=C1\SC(=O)N(Cc2ccc(F)cc2)C1=O. The first-order valence-corrected chi connectivity index (χ1v) is 9.82. The second-order valence-corrected chi connectivity index (χ2v) is 8.17. The van der Waals surface area contributed by atoms with E-state index in [1.54, 1.807) is 24.3 Å². The molecule has 0 radical (unpaired) electrons. The standard InChI is InChI=1S/C18H12Br2FNO3S/c1-25-16-11(6-12(19)8-14(16)20)7-15-17(23)22(18(24)26-15)9-10-2-4-13(21)5-3-10/h2-8H,9H2,1H3/b15-7-. The lowest BCUT2D eigenvalue weighted by atomic mass is 10.1. The number of carbonyl (C=O) groups is 2. The summed E-state index contributed by atoms with van der Waals surface area (Å²) in [4.78, 5) is 26.3. The Morgan fingerprint density at radius 2 is 1.88 bits per heavy atom. The zero-order valence-electron chi connectivity index (χ0n) is 13.5. The van der Waals surface area contributed by atoms with Crippen LogP contribution in [0.4, 0.5) is 9.18 Å². The Bertz CT molecular complexity index is 915. The van der Waals surface area contributed by atoms with Gasteiger partial charge in [0.25, 0.3) is 11.1 Å². The number of ether oxygens (including phenoxy) is 1. The Morgan fingerprint density at radius 3 is 2.54 bits per heavy atom. The Labute approximate surface area is 170 Å². The molecule has 4 nitrogen and oxygen atoms in total. The third kappa shape index (κ3) is 4.02. The van der Waals surface area contributed by atoms with E-state index in [-0.39, 0.29) is 23.5 Å². The molecule has 0 spiro atoms. The van der Waals surface area contributed by atoms with Gasteiger partial charge in [-0.1, -0.05) is 28.1 Å². The fraction of sp³-hybridized carbons (Fsp3) is 0.111. The first kappa shape index (κ1) is 19.1. The van der Waals surface area contributed by atoms with Crippen LogP contribution in [0.2, 0.25) is 0 Å². The van der Waals surface area contributed by atoms with Gasteiger partial charge in [0.15, 0.2) is 0 Å². The van der Waals surface area contributed by atoms with E-state index in [1.807, 2.05) is 6.07 Å². The molecule has 0 bridgehead atoms. The number of rotatable bonds is 4. The third-order valence-corrected chi connectivity index (χ3v) is 5.61. The predicted octanol–water partition coefficient (Wildman–Crippen LogP) is 5.60. The van der Waals surface area contributed by atoms with Crippen LogP contribution in [0.3, 0.4) is 0 Å². The van der Waals surface area contributed by atoms with Crippen molar-refractivity contribution in [2.24, 2.45) is 0 Å². The summed E-state index contributed by atoms with van der Waals surface area (Å²) in [5, 5.41) is -0.362. The molecule has 2 amide bonds. The van der Waals surface area contributed by atoms with Gasteiger partial charge in [-0.15, -0.1) is 0 Å². The van der Waals surface area contributed by atoms with Crippen molar-refractivity contribution in [2.45, 2.75) is 6.54 Å². The Morgan fingerprint density at radius 1 is 1.19 bits per heavy atom. The van der Waals surface area contributed by atoms with Crippen molar-refractivity contribution < 1.29 is 18.7 Å². The van der Waals surface area contributed by atoms with Crippen LogP contribution in [0.1, 0.15) is 11.1 Å². The molecule has 1 aliphatic heterocycles. The summed E-state index contributed by atoms with van der Waals surface area (Å²) >= 11 is 7.68. The number of hydrogen-bond donors (Lipinski definition) is 0. The van der Waals surface area contributed by atoms with Crippen molar-refractivity contribution >= 4 is 60.8 Å². The summed E-state index contributed by atoms with van der Waals surface area (Å²) in [5.74, 6) is -0.184. The number of halogens is 3. The molecule has 2 aromatic carbocycles. The van der Waals surface area contributed by atoms with Crippen molar-refractivity contribution in [3.05, 3.63) is 67.2 Å². The van der Waals surface area contributed by atoms with Gasteiger partial charge in [-0.05, 0) is 63.6 Å². The van der Waals surface area contributed by atoms with Crippen LogP contribution in [0.15, 0.2) is 50.2 Å². The van der Waals surface area contributed by atoms with E-state index in [1.165, 1.54) is 19.2 Å². The number of hydrogen-bond acceptors (Lipinski definition) is 4. The predicted molar refractivity (Wildman–Crippen MR) is 106 cm³/mol. The fourth-order valence-corrected chi connectivity index (χ4v) is 4.70. The maximum Gasteiger partial charge on any atom is 0.293 e. The first-order valence-electron chi connectivity index (χ1n) is 7.42. The molecule has 1 aliphatic rings. The molecule has 1 fully saturated rings. The molecule has 3 rings (SSSR count). The summed E-state index contributed by atoms with van der Waals surface area (Å²) in [6, 6.07) is 9.34. The maximum atomic E-state index is 13.0. The molecule has 8 heteroatoms. The maximum absolute atomic E-state index is 13.0. The minimum Gasteiger partial charge on any atom is -0.495 e. The lowest BCUT2D eigenvalue weighted by Crippen LogP contribution is -2.27. The molecule has 1 heterocycles. The molecule has 0 aliphatic carbocycles. The van der Waals surface area contributed by atoms with E-state index >= 15 is 0 Å². The quantitative estimate of drug-likeness (QED) is 0.513. The summed E-state index contributed by atoms with van der Waals surface area (Å²) in [5.41, 5.74) is 1.35. The average molecular weight is 501 g/mol. The zero-order chi connectivity index (χ0) is 18.8. The first-order chi connectivity index (χ1) is 12.4. The summed E-state index contributed by atoms with van der Waals surface area (Å²) in [6.07, 6.45) is 1.63. The minimum absolute atomic E-state index is 0.0988. The highest BCUT2D eigenvalue weighted by molar-refractivity contribution is 9.11. The Balaban J connectivity index is 1.89. The van der Waals surface area contributed by atoms with Gasteiger partial charge in [-0.2, -0.15) is 0 Å². The van der Waals surface area contributed by atoms with E-state index < -0.39 is 0 Å². The zero-order valence-corrected chi connectivity index (χ0v) is 17.5. The van der Waals surface area contributed by atoms with E-state index in [9.17, 15) is 14.0 Å². The van der Waals surface area contributed by atoms with E-state index in [2.05, 4.69) is 31.9 Å². The van der Waals surface area contributed by atoms with Crippen LogP contribution < -0.4 is 4.74 Å². The van der Waals surface area contributed by atoms with Crippen LogP contribution in [0.5, 0.6) is 5.75 Å². The second-order valence-electron chi connectivity index (χ2n) is 5.40. The number of benzene rings is 2. The fourth-order valence-electron chi connectivity index (χ4n) is 2.45. The molecule has 1 saturated heterocycles. The molecule has 0 atom stereocenters. The van der Waals surface area contributed by atoms with Crippen molar-refractivity contribution in [1.82, 2.24) is 4.90 Å². The van der Waals surface area contributed by atoms with Crippen LogP contribution in [-0.4, -0.2) is 23.2 Å². The number of amides is 2. The highest BCUT2D eigenvalue weighted by Crippen LogP contribution is 2.38. The van der Waals surface area contributed by atoms with Crippen LogP contribution in [0.25, 0.3) is 6.08 Å². The largest absolute Gasteiger partial charge is 0.495 e. The van der Waals surface area contributed by atoms with Gasteiger partial charge >= 0.3 is 0 Å². The second kappa shape index (κ2) is 7.94. The van der Waals surface area contributed by atoms with Crippen LogP contribution in [0, 0.1) is 5.82 Å². The average Bonchev–Trinajstić information content (AvgIpc) is 2.84. The van der Waals surface area contributed by atoms with Crippen molar-refractivity contribution in [1.29, 1.82) is 0 Å². The highest BCUT2D eigenvalue weighted by Gasteiger charge is 2.35. The number of imide groups is 1. The van der Waals surface area contributed by atoms with Gasteiger partial charge in [0.1, 0.15) is 11.6 Å². The number of methoxy groups -OCH3 is 1. The lowest BCUT2D eigenvalue weighted by Gasteiger charge is -2.12. The molecule has 134 valence electrons. The number of carbonyl (C=O) groups excluding carboxylic acids is 2. The number of nitrogens with zero attached hydrogens (tertiary/aromatic N) is 1. The topological polar surface area (TPSA) is 46.6 Å². The van der Waals surface area contributed by atoms with Gasteiger partial charge in [-0.3, -0.25) is 14.5 Å². The van der Waals surface area contributed by atoms with Gasteiger partial charge in [0.05, 0.1) is 23.0 Å². The van der Waals surface area contributed by atoms with E-state index in [0.29, 0.717) is 21.8 Å². The molecular weight excluding hydrogens is 489 g/mol. The van der Waals surface area contributed by atoms with Gasteiger partial charge in [0, 0.05) is 10.0 Å². The molecule has 0 aromatic heterocycles. The summed E-state index contributed by atoms with van der Waals surface area (Å²) < 4.78 is 19.9. The molecule has 26 heavy (non-hydrogen) atoms. The van der Waals surface area contributed by atoms with Crippen LogP contribution in [-0.2, 0) is 11.3 Å². The van der Waals surface area contributed by atoms with Crippen molar-refractivity contribution in [2.75, 3.05) is 7.11 Å². The molecule has 0 saturated carbocycles. The smallest absolute Gasteiger partial charge is 0.293 e. The molecule has 0 unspecified atom stereocenters. The number of thioether (sulfide) groups is 1. The van der Waals surface area contributed by atoms with Gasteiger partial charge in [0.2, 0.25) is 0 Å². The lowest BCUT2D eigenvalue weighted by molar-refractivity contribution is -0.123. The Hall–Kier alpha value is -1.64. The van der Waals surface area contributed by atoms with E-state index in [0.717, 1.165) is 25.6 Å². The summed E-state index contributed by atoms with van der Waals surface area (Å²) in [7, 11) is 1.53. The van der Waals surface area contributed by atoms with Crippen molar-refractivity contribution in [3.63, 3.8) is 0 Å². The van der Waals surface area contributed by atoms with Gasteiger partial charge < -0.3 is 4.74 Å². The monoisotopic (exact) mass is 499 g/mol. The molecule has 2 aromatic rings. The normalized spacial score (nSPS) is 15.8. The Kier molecular flexibility index (Phi) is 5.84. The third-order valence-electron chi connectivity index (χ3n) is 3.66. The minimum atomic E-state index is -0.387. The molecular formula is C18H12Br2FNO3S. The van der Waals surface area contributed by atoms with E-state index in [4.69, 9.17) is 4.74 Å². The summed E-state index contributed by atoms with van der Waals surface area (Å²) in [6.45, 7) is 0.0988.